The van der Waals surface area contributed by atoms with E-state index in [0.717, 1.165) is 25.1 Å². The van der Waals surface area contributed by atoms with Crippen molar-refractivity contribution in [2.75, 3.05) is 0 Å². The minimum Gasteiger partial charge on any atom is -0.338 e. The SMILES string of the molecule is Cc1ccc(CCC(Cc2nccn2C)NN)cc1. The van der Waals surface area contributed by atoms with Gasteiger partial charge >= 0.3 is 0 Å². The minimum absolute atomic E-state index is 0.252. The third-order valence-electron chi connectivity index (χ3n) is 3.49. The summed E-state index contributed by atoms with van der Waals surface area (Å²) in [7, 11) is 2.01. The van der Waals surface area contributed by atoms with Crippen LogP contribution in [0.15, 0.2) is 36.7 Å². The van der Waals surface area contributed by atoms with Crippen LogP contribution in [-0.2, 0) is 19.9 Å². The van der Waals surface area contributed by atoms with Gasteiger partial charge in [-0.1, -0.05) is 29.8 Å². The number of nitrogens with one attached hydrogen (secondary N) is 1. The molecule has 0 aliphatic carbocycles. The second kappa shape index (κ2) is 6.50. The molecule has 1 aromatic heterocycles. The number of nitrogens with two attached hydrogens (primary N) is 1. The Morgan fingerprint density at radius 3 is 2.63 bits per heavy atom. The van der Waals surface area contributed by atoms with E-state index in [2.05, 4.69) is 41.6 Å². The zero-order chi connectivity index (χ0) is 13.7. The van der Waals surface area contributed by atoms with Crippen LogP contribution in [-0.4, -0.2) is 15.6 Å². The molecule has 1 atom stereocenters. The number of nitrogens with zero attached hydrogens (tertiary/aromatic N) is 2. The second-order valence-corrected chi connectivity index (χ2v) is 5.05. The molecule has 4 nitrogen and oxygen atoms in total. The molecular formula is C15H22N4. The standard InChI is InChI=1S/C15H22N4/c1-12-3-5-13(6-4-12)7-8-14(18-16)11-15-17-9-10-19(15)2/h3-6,9-10,14,18H,7-8,11,16H2,1-2H3. The first-order valence-electron chi connectivity index (χ1n) is 6.67. The third-order valence-corrected chi connectivity index (χ3v) is 3.49. The van der Waals surface area contributed by atoms with E-state index in [0.29, 0.717) is 0 Å². The Morgan fingerprint density at radius 2 is 2.05 bits per heavy atom. The van der Waals surface area contributed by atoms with E-state index in [4.69, 9.17) is 5.84 Å². The molecule has 0 aliphatic heterocycles. The summed E-state index contributed by atoms with van der Waals surface area (Å²) in [6.07, 6.45) is 6.67. The Balaban J connectivity index is 1.89. The lowest BCUT2D eigenvalue weighted by Crippen LogP contribution is -2.37. The third kappa shape index (κ3) is 3.91. The van der Waals surface area contributed by atoms with Gasteiger partial charge in [-0.3, -0.25) is 11.3 Å². The van der Waals surface area contributed by atoms with Crippen molar-refractivity contribution in [1.29, 1.82) is 0 Å². The molecule has 3 N–H and O–H groups in total. The van der Waals surface area contributed by atoms with Gasteiger partial charge < -0.3 is 4.57 Å². The number of hydrazine groups is 1. The molecule has 0 bridgehead atoms. The maximum Gasteiger partial charge on any atom is 0.109 e. The molecule has 102 valence electrons. The van der Waals surface area contributed by atoms with E-state index >= 15 is 0 Å². The Bertz CT molecular complexity index is 501. The van der Waals surface area contributed by atoms with E-state index in [1.165, 1.54) is 11.1 Å². The summed E-state index contributed by atoms with van der Waals surface area (Å²) in [5.41, 5.74) is 5.54. The maximum atomic E-state index is 5.64. The number of hydrogen-bond donors (Lipinski definition) is 2. The van der Waals surface area contributed by atoms with Crippen molar-refractivity contribution in [2.45, 2.75) is 32.2 Å². The summed E-state index contributed by atoms with van der Waals surface area (Å²) in [5, 5.41) is 0. The van der Waals surface area contributed by atoms with Gasteiger partial charge in [0.25, 0.3) is 0 Å². The van der Waals surface area contributed by atoms with Crippen molar-refractivity contribution in [3.05, 3.63) is 53.6 Å². The first kappa shape index (κ1) is 13.8. The van der Waals surface area contributed by atoms with Crippen LogP contribution in [0.4, 0.5) is 0 Å². The molecule has 4 heteroatoms. The van der Waals surface area contributed by atoms with E-state index in [1.54, 1.807) is 0 Å². The largest absolute Gasteiger partial charge is 0.338 e. The number of rotatable bonds is 6. The number of hydrogen-bond acceptors (Lipinski definition) is 3. The Kier molecular flexibility index (Phi) is 4.71. The molecule has 0 spiro atoms. The fourth-order valence-corrected chi connectivity index (χ4v) is 2.15. The van der Waals surface area contributed by atoms with Gasteiger partial charge in [0.2, 0.25) is 0 Å². The van der Waals surface area contributed by atoms with E-state index in [1.807, 2.05) is 24.0 Å². The van der Waals surface area contributed by atoms with Gasteiger partial charge in [-0.05, 0) is 25.3 Å². The molecule has 2 rings (SSSR count). The zero-order valence-electron chi connectivity index (χ0n) is 11.6. The quantitative estimate of drug-likeness (QED) is 0.613. The molecule has 1 heterocycles. The van der Waals surface area contributed by atoms with Crippen molar-refractivity contribution in [3.8, 4) is 0 Å². The Hall–Kier alpha value is -1.65. The second-order valence-electron chi connectivity index (χ2n) is 5.05. The van der Waals surface area contributed by atoms with E-state index in [-0.39, 0.29) is 6.04 Å². The molecule has 0 radical (unpaired) electrons. The molecule has 19 heavy (non-hydrogen) atoms. The smallest absolute Gasteiger partial charge is 0.109 e. The zero-order valence-corrected chi connectivity index (χ0v) is 11.6. The van der Waals surface area contributed by atoms with Crippen LogP contribution in [0.25, 0.3) is 0 Å². The van der Waals surface area contributed by atoms with Gasteiger partial charge in [0.05, 0.1) is 0 Å². The van der Waals surface area contributed by atoms with Gasteiger partial charge in [-0.2, -0.15) is 0 Å². The number of imidazole rings is 1. The summed E-state index contributed by atoms with van der Waals surface area (Å²) in [6, 6.07) is 8.92. The van der Waals surface area contributed by atoms with Crippen molar-refractivity contribution in [1.82, 2.24) is 15.0 Å². The number of benzene rings is 1. The van der Waals surface area contributed by atoms with Crippen LogP contribution in [0.5, 0.6) is 0 Å². The molecule has 0 saturated carbocycles. The van der Waals surface area contributed by atoms with Crippen molar-refractivity contribution in [3.63, 3.8) is 0 Å². The average Bonchev–Trinajstić information content (AvgIpc) is 2.82. The van der Waals surface area contributed by atoms with Crippen LogP contribution >= 0.6 is 0 Å². The van der Waals surface area contributed by atoms with E-state index in [9.17, 15) is 0 Å². The number of aryl methyl sites for hydroxylation is 3. The van der Waals surface area contributed by atoms with Crippen molar-refractivity contribution < 1.29 is 0 Å². The van der Waals surface area contributed by atoms with E-state index < -0.39 is 0 Å². The lowest BCUT2D eigenvalue weighted by Gasteiger charge is -2.15. The minimum atomic E-state index is 0.252. The monoisotopic (exact) mass is 258 g/mol. The molecule has 0 fully saturated rings. The highest BCUT2D eigenvalue weighted by Crippen LogP contribution is 2.09. The van der Waals surface area contributed by atoms with Gasteiger partial charge in [0.1, 0.15) is 5.82 Å². The average molecular weight is 258 g/mol. The lowest BCUT2D eigenvalue weighted by molar-refractivity contribution is 0.476. The highest BCUT2D eigenvalue weighted by molar-refractivity contribution is 5.21. The van der Waals surface area contributed by atoms with Gasteiger partial charge in [-0.15, -0.1) is 0 Å². The Morgan fingerprint density at radius 1 is 1.32 bits per heavy atom. The summed E-state index contributed by atoms with van der Waals surface area (Å²) in [4.78, 5) is 4.34. The fraction of sp³-hybridized carbons (Fsp3) is 0.400. The topological polar surface area (TPSA) is 55.9 Å². The van der Waals surface area contributed by atoms with Crippen molar-refractivity contribution >= 4 is 0 Å². The summed E-state index contributed by atoms with van der Waals surface area (Å²) in [5.74, 6) is 6.70. The fourth-order valence-electron chi connectivity index (χ4n) is 2.15. The molecule has 0 amide bonds. The Labute approximate surface area is 114 Å². The molecular weight excluding hydrogens is 236 g/mol. The van der Waals surface area contributed by atoms with Crippen LogP contribution in [0.2, 0.25) is 0 Å². The molecule has 1 aromatic carbocycles. The van der Waals surface area contributed by atoms with Gasteiger partial charge in [0.15, 0.2) is 0 Å². The predicted octanol–water partition coefficient (Wildman–Crippen LogP) is 1.74. The lowest BCUT2D eigenvalue weighted by atomic mass is 10.0. The highest BCUT2D eigenvalue weighted by atomic mass is 15.2. The molecule has 1 unspecified atom stereocenters. The first-order chi connectivity index (χ1) is 9.19. The molecule has 0 aliphatic rings. The molecule has 2 aromatic rings. The molecule has 0 saturated heterocycles. The highest BCUT2D eigenvalue weighted by Gasteiger charge is 2.10. The van der Waals surface area contributed by atoms with Crippen LogP contribution < -0.4 is 11.3 Å². The summed E-state index contributed by atoms with van der Waals surface area (Å²) >= 11 is 0. The van der Waals surface area contributed by atoms with Crippen LogP contribution in [0.3, 0.4) is 0 Å². The normalized spacial score (nSPS) is 12.6. The number of aromatic nitrogens is 2. The maximum absolute atomic E-state index is 5.64. The van der Waals surface area contributed by atoms with Crippen LogP contribution in [0.1, 0.15) is 23.4 Å². The first-order valence-corrected chi connectivity index (χ1v) is 6.67. The van der Waals surface area contributed by atoms with Gasteiger partial charge in [0, 0.05) is 31.9 Å². The van der Waals surface area contributed by atoms with Gasteiger partial charge in [-0.25, -0.2) is 4.98 Å². The predicted molar refractivity (Wildman–Crippen MR) is 77.5 cm³/mol. The summed E-state index contributed by atoms with van der Waals surface area (Å²) in [6.45, 7) is 2.11. The summed E-state index contributed by atoms with van der Waals surface area (Å²) < 4.78 is 2.04. The van der Waals surface area contributed by atoms with Crippen molar-refractivity contribution in [2.24, 2.45) is 12.9 Å². The van der Waals surface area contributed by atoms with Crippen LogP contribution in [0, 0.1) is 6.92 Å².